The van der Waals surface area contributed by atoms with Crippen LogP contribution in [0.1, 0.15) is 5.56 Å². The van der Waals surface area contributed by atoms with Crippen LogP contribution in [0.15, 0.2) is 24.3 Å². The molecule has 1 saturated heterocycles. The molecule has 0 aromatic heterocycles. The lowest BCUT2D eigenvalue weighted by Crippen LogP contribution is -2.45. The summed E-state index contributed by atoms with van der Waals surface area (Å²) in [5.41, 5.74) is 0.778. The minimum Gasteiger partial charge on any atom is -0.305 e. The molecule has 1 fully saturated rings. The van der Waals surface area contributed by atoms with Crippen LogP contribution in [0.4, 0.5) is 0 Å². The van der Waals surface area contributed by atoms with Crippen molar-refractivity contribution in [1.82, 2.24) is 4.90 Å². The van der Waals surface area contributed by atoms with Gasteiger partial charge in [0.25, 0.3) is 0 Å². The summed E-state index contributed by atoms with van der Waals surface area (Å²) in [7, 11) is 2.72. The summed E-state index contributed by atoms with van der Waals surface area (Å²) in [6.45, 7) is 0. The quantitative estimate of drug-likeness (QED) is 0.841. The fourth-order valence-electron chi connectivity index (χ4n) is 1.95. The number of rotatable bonds is 2. The monoisotopic (exact) mass is 314 g/mol. The molecule has 0 amide bonds. The molecule has 0 N–H and O–H groups in total. The number of nitriles is 1. The van der Waals surface area contributed by atoms with E-state index in [9.17, 15) is 9.47 Å². The van der Waals surface area contributed by atoms with Gasteiger partial charge >= 0.3 is 0 Å². The van der Waals surface area contributed by atoms with Gasteiger partial charge in [-0.15, -0.1) is 11.8 Å². The fraction of sp³-hybridized carbons (Fsp3) is 0.462. The zero-order chi connectivity index (χ0) is 14.0. The molecular formula is C13H15ClN2OS2. The van der Waals surface area contributed by atoms with Crippen molar-refractivity contribution in [1.29, 1.82) is 5.26 Å². The first-order chi connectivity index (χ1) is 8.99. The Morgan fingerprint density at radius 3 is 2.58 bits per heavy atom. The average Bonchev–Trinajstić information content (AvgIpc) is 2.40. The lowest BCUT2D eigenvalue weighted by atomic mass is 10.1. The Labute approximate surface area is 125 Å². The number of thioether (sulfide) groups is 1. The van der Waals surface area contributed by atoms with Crippen LogP contribution in [-0.2, 0) is 14.9 Å². The van der Waals surface area contributed by atoms with Gasteiger partial charge in [0.05, 0.1) is 16.9 Å². The van der Waals surface area contributed by atoms with Gasteiger partial charge in [-0.3, -0.25) is 4.21 Å². The molecule has 2 rings (SSSR count). The maximum Gasteiger partial charge on any atom is 0.202 e. The van der Waals surface area contributed by atoms with Crippen molar-refractivity contribution in [2.45, 2.75) is 10.1 Å². The number of halogens is 1. The second-order valence-electron chi connectivity index (χ2n) is 4.68. The Morgan fingerprint density at radius 1 is 1.47 bits per heavy atom. The average molecular weight is 315 g/mol. The van der Waals surface area contributed by atoms with Crippen LogP contribution >= 0.6 is 23.4 Å². The van der Waals surface area contributed by atoms with Crippen LogP contribution in [0.3, 0.4) is 0 Å². The molecule has 0 saturated carbocycles. The minimum absolute atomic E-state index is 0.250. The third-order valence-corrected chi connectivity index (χ3v) is 7.35. The highest BCUT2D eigenvalue weighted by Gasteiger charge is 2.45. The van der Waals surface area contributed by atoms with Crippen molar-refractivity contribution < 1.29 is 4.21 Å². The van der Waals surface area contributed by atoms with E-state index in [0.717, 1.165) is 11.3 Å². The topological polar surface area (TPSA) is 44.1 Å². The molecule has 1 aliphatic heterocycles. The smallest absolute Gasteiger partial charge is 0.202 e. The Bertz CT molecular complexity index is 526. The van der Waals surface area contributed by atoms with Crippen molar-refractivity contribution in [2.24, 2.45) is 0 Å². The summed E-state index contributed by atoms with van der Waals surface area (Å²) >= 11 is 7.34. The summed E-state index contributed by atoms with van der Waals surface area (Å²) in [4.78, 5) is 2.06. The Kier molecular flexibility index (Phi) is 4.57. The molecule has 0 spiro atoms. The SMILES string of the molecule is CN(C)C1CSC(C#N)(c2ccc(Cl)cc2)S(=O)C1. The fourth-order valence-corrected chi connectivity index (χ4v) is 5.87. The van der Waals surface area contributed by atoms with E-state index in [1.165, 1.54) is 11.8 Å². The van der Waals surface area contributed by atoms with Gasteiger partial charge in [0.2, 0.25) is 4.08 Å². The van der Waals surface area contributed by atoms with E-state index in [1.54, 1.807) is 24.3 Å². The maximum atomic E-state index is 12.6. The molecule has 1 aromatic rings. The van der Waals surface area contributed by atoms with Crippen molar-refractivity contribution in [3.63, 3.8) is 0 Å². The lowest BCUT2D eigenvalue weighted by molar-refractivity contribution is 0.341. The third-order valence-electron chi connectivity index (χ3n) is 3.25. The highest BCUT2D eigenvalue weighted by molar-refractivity contribution is 8.12. The van der Waals surface area contributed by atoms with Crippen molar-refractivity contribution in [2.75, 3.05) is 25.6 Å². The molecule has 3 nitrogen and oxygen atoms in total. The molecule has 0 radical (unpaired) electrons. The van der Waals surface area contributed by atoms with E-state index in [-0.39, 0.29) is 6.04 Å². The Balaban J connectivity index is 2.33. The van der Waals surface area contributed by atoms with Gasteiger partial charge in [-0.1, -0.05) is 23.7 Å². The van der Waals surface area contributed by atoms with Crippen LogP contribution in [0, 0.1) is 11.3 Å². The van der Waals surface area contributed by atoms with Gasteiger partial charge in [0.1, 0.15) is 0 Å². The molecule has 1 heterocycles. The van der Waals surface area contributed by atoms with Crippen molar-refractivity contribution in [3.05, 3.63) is 34.9 Å². The van der Waals surface area contributed by atoms with Gasteiger partial charge < -0.3 is 4.90 Å². The van der Waals surface area contributed by atoms with Crippen molar-refractivity contribution >= 4 is 34.2 Å². The highest BCUT2D eigenvalue weighted by Crippen LogP contribution is 2.44. The molecule has 1 aliphatic rings. The first-order valence-corrected chi connectivity index (χ1v) is 8.54. The molecule has 0 aliphatic carbocycles. The standard InChI is InChI=1S/C13H15ClN2OS2/c1-16(2)12-7-18-13(9-15,19(17)8-12)10-3-5-11(14)6-4-10/h3-6,12H,7-8H2,1-2H3. The second-order valence-corrected chi connectivity index (χ2v) is 8.24. The number of hydrogen-bond donors (Lipinski definition) is 0. The van der Waals surface area contributed by atoms with Gasteiger partial charge in [0.15, 0.2) is 0 Å². The van der Waals surface area contributed by atoms with Crippen molar-refractivity contribution in [3.8, 4) is 6.07 Å². The van der Waals surface area contributed by atoms with Gasteiger partial charge in [-0.05, 0) is 31.8 Å². The van der Waals surface area contributed by atoms with Crippen LogP contribution < -0.4 is 0 Å². The number of nitrogens with zero attached hydrogens (tertiary/aromatic N) is 2. The van der Waals surface area contributed by atoms with Gasteiger partial charge in [-0.25, -0.2) is 0 Å². The molecular weight excluding hydrogens is 300 g/mol. The Hall–Kier alpha value is -0.540. The van der Waals surface area contributed by atoms with E-state index < -0.39 is 14.9 Å². The molecule has 6 heteroatoms. The normalized spacial score (nSPS) is 31.1. The summed E-state index contributed by atoms with van der Waals surface area (Å²) in [5.74, 6) is 1.32. The minimum atomic E-state index is -1.23. The summed E-state index contributed by atoms with van der Waals surface area (Å²) in [5, 5.41) is 10.2. The van der Waals surface area contributed by atoms with E-state index >= 15 is 0 Å². The second kappa shape index (κ2) is 5.84. The maximum absolute atomic E-state index is 12.6. The van der Waals surface area contributed by atoms with E-state index in [1.807, 2.05) is 14.1 Å². The molecule has 19 heavy (non-hydrogen) atoms. The van der Waals surface area contributed by atoms with E-state index in [4.69, 9.17) is 11.6 Å². The summed E-state index contributed by atoms with van der Waals surface area (Å²) < 4.78 is 11.6. The molecule has 102 valence electrons. The van der Waals surface area contributed by atoms with E-state index in [2.05, 4.69) is 11.0 Å². The third kappa shape index (κ3) is 2.82. The molecule has 3 unspecified atom stereocenters. The Morgan fingerprint density at radius 2 is 2.11 bits per heavy atom. The number of hydrogen-bond acceptors (Lipinski definition) is 4. The summed E-state index contributed by atoms with van der Waals surface area (Å²) in [6.07, 6.45) is 0. The summed E-state index contributed by atoms with van der Waals surface area (Å²) in [6, 6.07) is 9.59. The largest absolute Gasteiger partial charge is 0.305 e. The predicted molar refractivity (Wildman–Crippen MR) is 81.7 cm³/mol. The first kappa shape index (κ1) is 14.9. The van der Waals surface area contributed by atoms with Crippen LogP contribution in [0.25, 0.3) is 0 Å². The molecule has 0 bridgehead atoms. The zero-order valence-corrected chi connectivity index (χ0v) is 13.2. The number of benzene rings is 1. The predicted octanol–water partition coefficient (Wildman–Crippen LogP) is 2.44. The van der Waals surface area contributed by atoms with Gasteiger partial charge in [0, 0.05) is 22.6 Å². The zero-order valence-electron chi connectivity index (χ0n) is 10.8. The van der Waals surface area contributed by atoms with Crippen LogP contribution in [0.2, 0.25) is 5.02 Å². The van der Waals surface area contributed by atoms with E-state index in [0.29, 0.717) is 10.8 Å². The van der Waals surface area contributed by atoms with Crippen LogP contribution in [-0.4, -0.2) is 40.8 Å². The van der Waals surface area contributed by atoms with Gasteiger partial charge in [-0.2, -0.15) is 5.26 Å². The lowest BCUT2D eigenvalue weighted by Gasteiger charge is -2.36. The van der Waals surface area contributed by atoms with Crippen LogP contribution in [0.5, 0.6) is 0 Å². The molecule has 1 aromatic carbocycles. The first-order valence-electron chi connectivity index (χ1n) is 5.86. The molecule has 3 atom stereocenters. The highest BCUT2D eigenvalue weighted by atomic mass is 35.5.